The highest BCUT2D eigenvalue weighted by molar-refractivity contribution is 5.89. The predicted octanol–water partition coefficient (Wildman–Crippen LogP) is 3.22. The van der Waals surface area contributed by atoms with E-state index in [1.165, 1.54) is 0 Å². The zero-order valence-corrected chi connectivity index (χ0v) is 12.5. The first kappa shape index (κ1) is 16.1. The van der Waals surface area contributed by atoms with Crippen LogP contribution in [0, 0.1) is 11.3 Å². The van der Waals surface area contributed by atoms with Crippen molar-refractivity contribution in [3.8, 4) is 17.6 Å². The van der Waals surface area contributed by atoms with Crippen LogP contribution in [0.2, 0.25) is 0 Å². The maximum Gasteiger partial charge on any atom is 0.341 e. The van der Waals surface area contributed by atoms with Crippen molar-refractivity contribution in [1.82, 2.24) is 0 Å². The molecular formula is C18H15NO4. The van der Waals surface area contributed by atoms with Gasteiger partial charge in [0.15, 0.2) is 6.61 Å². The number of carboxylic acids is 1. The molecule has 2 aromatic carbocycles. The lowest BCUT2D eigenvalue weighted by Gasteiger charge is -2.04. The molecule has 0 atom stereocenters. The molecule has 0 bridgehead atoms. The Morgan fingerprint density at radius 2 is 1.74 bits per heavy atom. The number of hydrogen-bond donors (Lipinski definition) is 1. The molecule has 0 aliphatic carbocycles. The molecule has 0 heterocycles. The van der Waals surface area contributed by atoms with Gasteiger partial charge in [0.1, 0.15) is 11.5 Å². The summed E-state index contributed by atoms with van der Waals surface area (Å²) in [6, 6.07) is 16.2. The molecule has 0 spiro atoms. The highest BCUT2D eigenvalue weighted by atomic mass is 16.5. The molecule has 0 saturated carbocycles. The van der Waals surface area contributed by atoms with E-state index in [0.717, 1.165) is 16.9 Å². The van der Waals surface area contributed by atoms with Gasteiger partial charge in [-0.2, -0.15) is 5.26 Å². The van der Waals surface area contributed by atoms with Crippen LogP contribution in [0.5, 0.6) is 11.5 Å². The summed E-state index contributed by atoms with van der Waals surface area (Å²) in [5.74, 6) is 0.165. The van der Waals surface area contributed by atoms with Crippen LogP contribution in [0.4, 0.5) is 0 Å². The topological polar surface area (TPSA) is 79.5 Å². The van der Waals surface area contributed by atoms with Crippen LogP contribution in [-0.4, -0.2) is 24.8 Å². The quantitative estimate of drug-likeness (QED) is 0.654. The van der Waals surface area contributed by atoms with Crippen molar-refractivity contribution in [3.05, 3.63) is 59.7 Å². The summed E-state index contributed by atoms with van der Waals surface area (Å²) in [6.45, 7) is -0.384. The molecular weight excluding hydrogens is 294 g/mol. The van der Waals surface area contributed by atoms with Gasteiger partial charge in [0.2, 0.25) is 0 Å². The summed E-state index contributed by atoms with van der Waals surface area (Å²) < 4.78 is 10.2. The van der Waals surface area contributed by atoms with Gasteiger partial charge in [-0.1, -0.05) is 12.1 Å². The van der Waals surface area contributed by atoms with Gasteiger partial charge in [-0.3, -0.25) is 0 Å². The van der Waals surface area contributed by atoms with Crippen molar-refractivity contribution in [1.29, 1.82) is 5.26 Å². The number of allylic oxidation sites excluding steroid dienone is 1. The Morgan fingerprint density at radius 1 is 1.13 bits per heavy atom. The molecule has 0 amide bonds. The molecule has 0 saturated heterocycles. The standard InChI is InChI=1S/C18H15NO4/c1-22-16-8-4-14(5-9-16)15(11-19)10-13-2-6-17(7-3-13)23-12-18(20)21/h2-10H,12H2,1H3,(H,20,21)/b15-10-. The van der Waals surface area contributed by atoms with Crippen LogP contribution in [-0.2, 0) is 4.79 Å². The van der Waals surface area contributed by atoms with E-state index in [9.17, 15) is 10.1 Å². The zero-order chi connectivity index (χ0) is 16.7. The molecule has 5 nitrogen and oxygen atoms in total. The Balaban J connectivity index is 2.17. The normalized spacial score (nSPS) is 10.7. The summed E-state index contributed by atoms with van der Waals surface area (Å²) in [5.41, 5.74) is 2.13. The lowest BCUT2D eigenvalue weighted by molar-refractivity contribution is -0.139. The smallest absolute Gasteiger partial charge is 0.341 e. The van der Waals surface area contributed by atoms with Gasteiger partial charge in [0, 0.05) is 0 Å². The number of carboxylic acid groups (broad SMARTS) is 1. The second-order valence-electron chi connectivity index (χ2n) is 4.65. The minimum Gasteiger partial charge on any atom is -0.497 e. The Labute approximate surface area is 134 Å². The van der Waals surface area contributed by atoms with E-state index in [-0.39, 0.29) is 6.61 Å². The first-order chi connectivity index (χ1) is 11.1. The molecule has 116 valence electrons. The molecule has 0 unspecified atom stereocenters. The van der Waals surface area contributed by atoms with Gasteiger partial charge in [-0.05, 0) is 53.6 Å². The SMILES string of the molecule is COc1ccc(/C(C#N)=C\c2ccc(OCC(=O)O)cc2)cc1. The zero-order valence-electron chi connectivity index (χ0n) is 12.5. The molecule has 0 radical (unpaired) electrons. The maximum absolute atomic E-state index is 10.4. The molecule has 0 aliphatic rings. The molecule has 5 heteroatoms. The summed E-state index contributed by atoms with van der Waals surface area (Å²) in [4.78, 5) is 10.4. The van der Waals surface area contributed by atoms with Crippen molar-refractivity contribution >= 4 is 17.6 Å². The number of aliphatic carboxylic acids is 1. The fourth-order valence-corrected chi connectivity index (χ4v) is 1.92. The fraction of sp³-hybridized carbons (Fsp3) is 0.111. The summed E-state index contributed by atoms with van der Waals surface area (Å²) >= 11 is 0. The van der Waals surface area contributed by atoms with E-state index in [1.807, 2.05) is 12.1 Å². The lowest BCUT2D eigenvalue weighted by atomic mass is 10.0. The average molecular weight is 309 g/mol. The summed E-state index contributed by atoms with van der Waals surface area (Å²) in [6.07, 6.45) is 1.75. The monoisotopic (exact) mass is 309 g/mol. The van der Waals surface area contributed by atoms with Gasteiger partial charge in [0.05, 0.1) is 18.8 Å². The molecule has 0 aliphatic heterocycles. The van der Waals surface area contributed by atoms with Crippen LogP contribution >= 0.6 is 0 Å². The van der Waals surface area contributed by atoms with E-state index in [4.69, 9.17) is 14.6 Å². The summed E-state index contributed by atoms with van der Waals surface area (Å²) in [5, 5.41) is 17.9. The number of ether oxygens (including phenoxy) is 2. The fourth-order valence-electron chi connectivity index (χ4n) is 1.92. The minimum atomic E-state index is -1.03. The lowest BCUT2D eigenvalue weighted by Crippen LogP contribution is -2.09. The number of rotatable bonds is 6. The van der Waals surface area contributed by atoms with E-state index in [2.05, 4.69) is 6.07 Å². The van der Waals surface area contributed by atoms with Gasteiger partial charge in [-0.15, -0.1) is 0 Å². The van der Waals surface area contributed by atoms with Crippen molar-refractivity contribution in [2.24, 2.45) is 0 Å². The van der Waals surface area contributed by atoms with Crippen LogP contribution in [0.3, 0.4) is 0 Å². The van der Waals surface area contributed by atoms with Crippen molar-refractivity contribution in [2.75, 3.05) is 13.7 Å². The van der Waals surface area contributed by atoms with Gasteiger partial charge in [0.25, 0.3) is 0 Å². The first-order valence-electron chi connectivity index (χ1n) is 6.83. The third-order valence-corrected chi connectivity index (χ3v) is 3.07. The molecule has 23 heavy (non-hydrogen) atoms. The number of nitriles is 1. The van der Waals surface area contributed by atoms with Gasteiger partial charge >= 0.3 is 5.97 Å². The number of nitrogens with zero attached hydrogens (tertiary/aromatic N) is 1. The Morgan fingerprint density at radius 3 is 2.26 bits per heavy atom. The van der Waals surface area contributed by atoms with E-state index < -0.39 is 5.97 Å². The van der Waals surface area contributed by atoms with Crippen molar-refractivity contribution in [3.63, 3.8) is 0 Å². The van der Waals surface area contributed by atoms with Crippen LogP contribution in [0.15, 0.2) is 48.5 Å². The van der Waals surface area contributed by atoms with Crippen molar-refractivity contribution in [2.45, 2.75) is 0 Å². The van der Waals surface area contributed by atoms with E-state index in [1.54, 1.807) is 49.6 Å². The largest absolute Gasteiger partial charge is 0.497 e. The first-order valence-corrected chi connectivity index (χ1v) is 6.83. The van der Waals surface area contributed by atoms with Gasteiger partial charge in [-0.25, -0.2) is 4.79 Å². The maximum atomic E-state index is 10.4. The number of hydrogen-bond acceptors (Lipinski definition) is 4. The van der Waals surface area contributed by atoms with Gasteiger partial charge < -0.3 is 14.6 Å². The minimum absolute atomic E-state index is 0.384. The Kier molecular flexibility index (Phi) is 5.37. The Hall–Kier alpha value is -3.26. The molecule has 2 aromatic rings. The molecule has 2 rings (SSSR count). The molecule has 0 aromatic heterocycles. The Bertz CT molecular complexity index is 740. The second kappa shape index (κ2) is 7.66. The number of methoxy groups -OCH3 is 1. The van der Waals surface area contributed by atoms with Crippen LogP contribution in [0.1, 0.15) is 11.1 Å². The van der Waals surface area contributed by atoms with Crippen molar-refractivity contribution < 1.29 is 19.4 Å². The molecule has 0 fully saturated rings. The average Bonchev–Trinajstić information content (AvgIpc) is 2.59. The van der Waals surface area contributed by atoms with Crippen LogP contribution < -0.4 is 9.47 Å². The number of benzene rings is 2. The molecule has 1 N–H and O–H groups in total. The van der Waals surface area contributed by atoms with E-state index in [0.29, 0.717) is 11.3 Å². The summed E-state index contributed by atoms with van der Waals surface area (Å²) in [7, 11) is 1.59. The number of carbonyl (C=O) groups is 1. The van der Waals surface area contributed by atoms with E-state index >= 15 is 0 Å². The second-order valence-corrected chi connectivity index (χ2v) is 4.65. The highest BCUT2D eigenvalue weighted by Gasteiger charge is 2.03. The predicted molar refractivity (Wildman–Crippen MR) is 86.1 cm³/mol. The third-order valence-electron chi connectivity index (χ3n) is 3.07. The van der Waals surface area contributed by atoms with Crippen LogP contribution in [0.25, 0.3) is 11.6 Å². The third kappa shape index (κ3) is 4.61. The highest BCUT2D eigenvalue weighted by Crippen LogP contribution is 2.21.